The first-order valence-corrected chi connectivity index (χ1v) is 5.21. The summed E-state index contributed by atoms with van der Waals surface area (Å²) in [5.41, 5.74) is 2.13. The molecule has 0 aliphatic rings. The minimum atomic E-state index is -0.189. The Morgan fingerprint density at radius 2 is 2.17 bits per heavy atom. The molecule has 1 rings (SSSR count). The van der Waals surface area contributed by atoms with Crippen LogP contribution in [-0.2, 0) is 4.79 Å². The van der Waals surface area contributed by atoms with E-state index < -0.39 is 0 Å². The Kier molecular flexibility index (Phi) is 3.47. The fourth-order valence-corrected chi connectivity index (χ4v) is 2.01. The van der Waals surface area contributed by atoms with Gasteiger partial charge >= 0.3 is 0 Å². The standard InChI is InChI=1S/C9H8Br2O/c1-6-4-7(10)2-3-8(6)9(11)5-12/h2-5,9H,1H3. The van der Waals surface area contributed by atoms with Crippen LogP contribution in [0.4, 0.5) is 0 Å². The van der Waals surface area contributed by atoms with Crippen LogP contribution in [0.25, 0.3) is 0 Å². The molecule has 64 valence electrons. The van der Waals surface area contributed by atoms with Gasteiger partial charge in [0.15, 0.2) is 0 Å². The van der Waals surface area contributed by atoms with Crippen molar-refractivity contribution < 1.29 is 4.79 Å². The van der Waals surface area contributed by atoms with E-state index in [1.807, 2.05) is 25.1 Å². The average molecular weight is 292 g/mol. The lowest BCUT2D eigenvalue weighted by Gasteiger charge is -2.06. The van der Waals surface area contributed by atoms with Crippen LogP contribution in [-0.4, -0.2) is 6.29 Å². The number of hydrogen-bond donors (Lipinski definition) is 0. The van der Waals surface area contributed by atoms with Gasteiger partial charge in [0.2, 0.25) is 0 Å². The molecule has 0 radical (unpaired) electrons. The van der Waals surface area contributed by atoms with Crippen LogP contribution in [0.2, 0.25) is 0 Å². The highest BCUT2D eigenvalue weighted by Crippen LogP contribution is 2.25. The third-order valence-corrected chi connectivity index (χ3v) is 2.85. The Bertz CT molecular complexity index is 297. The molecular weight excluding hydrogens is 284 g/mol. The van der Waals surface area contributed by atoms with Gasteiger partial charge in [-0.15, -0.1) is 0 Å². The normalized spacial score (nSPS) is 12.6. The highest BCUT2D eigenvalue weighted by atomic mass is 79.9. The van der Waals surface area contributed by atoms with E-state index in [1.54, 1.807) is 0 Å². The molecule has 0 fully saturated rings. The topological polar surface area (TPSA) is 17.1 Å². The number of rotatable bonds is 2. The fraction of sp³-hybridized carbons (Fsp3) is 0.222. The third kappa shape index (κ3) is 2.17. The summed E-state index contributed by atoms with van der Waals surface area (Å²) in [5.74, 6) is 0. The van der Waals surface area contributed by atoms with Crippen molar-refractivity contribution in [2.24, 2.45) is 0 Å². The zero-order valence-electron chi connectivity index (χ0n) is 6.55. The van der Waals surface area contributed by atoms with Crippen molar-refractivity contribution >= 4 is 38.1 Å². The molecule has 3 heteroatoms. The van der Waals surface area contributed by atoms with E-state index in [2.05, 4.69) is 31.9 Å². The third-order valence-electron chi connectivity index (χ3n) is 1.65. The van der Waals surface area contributed by atoms with Gasteiger partial charge in [0.05, 0.1) is 4.83 Å². The van der Waals surface area contributed by atoms with Crippen molar-refractivity contribution in [1.82, 2.24) is 0 Å². The highest BCUT2D eigenvalue weighted by molar-refractivity contribution is 9.10. The van der Waals surface area contributed by atoms with Crippen LogP contribution in [0.3, 0.4) is 0 Å². The summed E-state index contributed by atoms with van der Waals surface area (Å²) in [6.45, 7) is 1.98. The number of alkyl halides is 1. The summed E-state index contributed by atoms with van der Waals surface area (Å²) in [6, 6.07) is 5.86. The summed E-state index contributed by atoms with van der Waals surface area (Å²) in [6.07, 6.45) is 0.885. The predicted octanol–water partition coefficient (Wildman–Crippen LogP) is 3.39. The first-order valence-electron chi connectivity index (χ1n) is 3.50. The molecular formula is C9H8Br2O. The zero-order valence-corrected chi connectivity index (χ0v) is 9.72. The van der Waals surface area contributed by atoms with E-state index in [0.717, 1.165) is 21.9 Å². The predicted molar refractivity (Wildman–Crippen MR) is 56.6 cm³/mol. The second-order valence-corrected chi connectivity index (χ2v) is 4.44. The van der Waals surface area contributed by atoms with Crippen LogP contribution in [0, 0.1) is 6.92 Å². The Morgan fingerprint density at radius 3 is 2.67 bits per heavy atom. The molecule has 0 saturated heterocycles. The first kappa shape index (κ1) is 9.93. The van der Waals surface area contributed by atoms with Crippen molar-refractivity contribution in [3.63, 3.8) is 0 Å². The van der Waals surface area contributed by atoms with Crippen LogP contribution < -0.4 is 0 Å². The number of benzene rings is 1. The quantitative estimate of drug-likeness (QED) is 0.603. The van der Waals surface area contributed by atoms with Gasteiger partial charge in [-0.05, 0) is 30.2 Å². The lowest BCUT2D eigenvalue weighted by molar-refractivity contribution is -0.107. The second kappa shape index (κ2) is 4.19. The van der Waals surface area contributed by atoms with E-state index in [-0.39, 0.29) is 4.83 Å². The van der Waals surface area contributed by atoms with Crippen molar-refractivity contribution in [2.45, 2.75) is 11.8 Å². The maximum atomic E-state index is 10.5. The summed E-state index contributed by atoms with van der Waals surface area (Å²) in [4.78, 5) is 10.3. The average Bonchev–Trinajstić information content (AvgIpc) is 2.03. The van der Waals surface area contributed by atoms with Crippen LogP contribution in [0.5, 0.6) is 0 Å². The largest absolute Gasteiger partial charge is 0.302 e. The highest BCUT2D eigenvalue weighted by Gasteiger charge is 2.07. The maximum Gasteiger partial charge on any atom is 0.138 e. The molecule has 0 amide bonds. The Balaban J connectivity index is 3.09. The monoisotopic (exact) mass is 290 g/mol. The number of aryl methyl sites for hydroxylation is 1. The SMILES string of the molecule is Cc1cc(Br)ccc1C(Br)C=O. The number of carbonyl (C=O) groups excluding carboxylic acids is 1. The molecule has 0 saturated carbocycles. The number of aldehydes is 1. The van der Waals surface area contributed by atoms with Gasteiger partial charge in [0, 0.05) is 4.47 Å². The Morgan fingerprint density at radius 1 is 1.50 bits per heavy atom. The fourth-order valence-electron chi connectivity index (χ4n) is 1.02. The molecule has 0 spiro atoms. The molecule has 0 heterocycles. The van der Waals surface area contributed by atoms with Gasteiger partial charge in [-0.1, -0.05) is 37.9 Å². The molecule has 12 heavy (non-hydrogen) atoms. The van der Waals surface area contributed by atoms with Crippen LogP contribution in [0.15, 0.2) is 22.7 Å². The molecule has 0 aliphatic heterocycles. The zero-order chi connectivity index (χ0) is 9.14. The maximum absolute atomic E-state index is 10.5. The number of carbonyl (C=O) groups is 1. The van der Waals surface area contributed by atoms with E-state index >= 15 is 0 Å². The van der Waals surface area contributed by atoms with Crippen molar-refractivity contribution in [2.75, 3.05) is 0 Å². The van der Waals surface area contributed by atoms with E-state index in [9.17, 15) is 4.79 Å². The van der Waals surface area contributed by atoms with E-state index in [0.29, 0.717) is 0 Å². The molecule has 1 unspecified atom stereocenters. The lowest BCUT2D eigenvalue weighted by Crippen LogP contribution is -1.93. The first-order chi connectivity index (χ1) is 5.65. The lowest BCUT2D eigenvalue weighted by atomic mass is 10.1. The van der Waals surface area contributed by atoms with Crippen LogP contribution >= 0.6 is 31.9 Å². The molecule has 0 aromatic heterocycles. The van der Waals surface area contributed by atoms with Gasteiger partial charge in [0.1, 0.15) is 6.29 Å². The molecule has 1 atom stereocenters. The summed E-state index contributed by atoms with van der Waals surface area (Å²) in [7, 11) is 0. The van der Waals surface area contributed by atoms with Gasteiger partial charge in [-0.2, -0.15) is 0 Å². The minimum Gasteiger partial charge on any atom is -0.302 e. The molecule has 1 nitrogen and oxygen atoms in total. The molecule has 0 aliphatic carbocycles. The molecule has 0 N–H and O–H groups in total. The van der Waals surface area contributed by atoms with Crippen molar-refractivity contribution in [1.29, 1.82) is 0 Å². The van der Waals surface area contributed by atoms with Gasteiger partial charge in [-0.25, -0.2) is 0 Å². The molecule has 1 aromatic carbocycles. The van der Waals surface area contributed by atoms with Gasteiger partial charge in [0.25, 0.3) is 0 Å². The summed E-state index contributed by atoms with van der Waals surface area (Å²) < 4.78 is 1.04. The van der Waals surface area contributed by atoms with Crippen molar-refractivity contribution in [3.05, 3.63) is 33.8 Å². The van der Waals surface area contributed by atoms with Gasteiger partial charge in [-0.3, -0.25) is 0 Å². The smallest absolute Gasteiger partial charge is 0.138 e. The summed E-state index contributed by atoms with van der Waals surface area (Å²) >= 11 is 6.64. The Hall–Kier alpha value is -0.150. The second-order valence-electron chi connectivity index (χ2n) is 2.54. The van der Waals surface area contributed by atoms with Gasteiger partial charge < -0.3 is 4.79 Å². The van der Waals surface area contributed by atoms with E-state index in [4.69, 9.17) is 0 Å². The minimum absolute atomic E-state index is 0.189. The molecule has 1 aromatic rings. The van der Waals surface area contributed by atoms with Crippen LogP contribution in [0.1, 0.15) is 16.0 Å². The summed E-state index contributed by atoms with van der Waals surface area (Å²) in [5, 5.41) is 0. The van der Waals surface area contributed by atoms with E-state index in [1.165, 1.54) is 0 Å². The van der Waals surface area contributed by atoms with Crippen molar-refractivity contribution in [3.8, 4) is 0 Å². The number of hydrogen-bond acceptors (Lipinski definition) is 1. The number of halogens is 2. The molecule has 0 bridgehead atoms. The Labute approximate surface area is 88.4 Å².